The Morgan fingerprint density at radius 1 is 0.587 bits per heavy atom. The molecule has 0 aromatic heterocycles. The van der Waals surface area contributed by atoms with Crippen LogP contribution in [0.4, 0.5) is 0 Å². The maximum Gasteiger partial charge on any atom is 0.138 e. The van der Waals surface area contributed by atoms with Crippen LogP contribution in [0, 0.1) is 65.1 Å². The molecule has 4 saturated carbocycles. The summed E-state index contributed by atoms with van der Waals surface area (Å²) in [5.41, 5.74) is 0. The number of aliphatic hydroxyl groups is 6. The van der Waals surface area contributed by atoms with Crippen molar-refractivity contribution in [3.05, 3.63) is 0 Å². The van der Waals surface area contributed by atoms with Crippen LogP contribution in [-0.4, -0.2) is 86.3 Å². The van der Waals surface area contributed by atoms with Crippen LogP contribution in [0.2, 0.25) is 0 Å². The van der Waals surface area contributed by atoms with E-state index < -0.39 is 6.10 Å². The lowest BCUT2D eigenvalue weighted by atomic mass is 9.73. The standard InChI is InChI=1S/C10H18O.C10H20O.C9H20O2.C9H18O2.C9H18O.C4H10O.C2H6.2CH4/c1-3-7-4-8-5-9(7)10(11)6(8)2;1-4-9-5-7(2)8(3)10(11)6-9;1-4-8(3)6-11-7-9(10)5-2;1-4-7(3)9(11)6-8(10)5-2;1-3-8-5-4-7(2)9(10)6-8;1-3-4(2)5;1-2;;/h6-11H,3-5H2,1-2H3;7-11H,4-6H2,1-3H3;8-10H,4-7H2,1-3H3;7-8,10H,4-6H2,1-3H3;7-10H,3-6H2,1-2H3;4-5H,3H2,1-2H3;1-2H3;2*1H4. The van der Waals surface area contributed by atoms with Gasteiger partial charge in [0.15, 0.2) is 0 Å². The topological polar surface area (TPSA) is 148 Å². The molecule has 0 radical (unpaired) electrons. The average Bonchev–Trinajstić information content (AvgIpc) is 3.82. The molecule has 0 aliphatic heterocycles. The summed E-state index contributed by atoms with van der Waals surface area (Å²) >= 11 is 0. The lowest BCUT2D eigenvalue weighted by Crippen LogP contribution is -2.33. The minimum Gasteiger partial charge on any atom is -0.393 e. The van der Waals surface area contributed by atoms with Crippen molar-refractivity contribution in [3.8, 4) is 0 Å². The largest absolute Gasteiger partial charge is 0.393 e. The van der Waals surface area contributed by atoms with Crippen LogP contribution >= 0.6 is 0 Å². The summed E-state index contributed by atoms with van der Waals surface area (Å²) in [6.45, 7) is 36.5. The lowest BCUT2D eigenvalue weighted by Gasteiger charge is -2.35. The Morgan fingerprint density at radius 3 is 1.49 bits per heavy atom. The fourth-order valence-corrected chi connectivity index (χ4v) is 8.49. The number of fused-ring (bicyclic) bond motifs is 2. The van der Waals surface area contributed by atoms with Crippen LogP contribution < -0.4 is 0 Å². The average molecular weight is 908 g/mol. The van der Waals surface area contributed by atoms with Crippen molar-refractivity contribution in [2.24, 2.45) is 65.1 Å². The molecule has 0 heterocycles. The van der Waals surface area contributed by atoms with Crippen LogP contribution in [-0.2, 0) is 9.53 Å². The second-order valence-corrected chi connectivity index (χ2v) is 19.6. The van der Waals surface area contributed by atoms with Crippen molar-refractivity contribution in [1.29, 1.82) is 0 Å². The Bertz CT molecular complexity index is 950. The number of Topliss-reactive ketones (excluding diaryl/α,β-unsaturated/α-hetero) is 1. The molecule has 0 aromatic carbocycles. The van der Waals surface area contributed by atoms with Gasteiger partial charge in [-0.05, 0) is 130 Å². The molecule has 0 spiro atoms. The summed E-state index contributed by atoms with van der Waals surface area (Å²) in [5.74, 6) is 7.16. The number of ketones is 1. The molecule has 0 amide bonds. The smallest absolute Gasteiger partial charge is 0.138 e. The van der Waals surface area contributed by atoms with E-state index in [2.05, 4.69) is 62.3 Å². The van der Waals surface area contributed by atoms with Gasteiger partial charge < -0.3 is 35.4 Å². The molecule has 0 aromatic rings. The molecule has 8 heteroatoms. The van der Waals surface area contributed by atoms with Crippen molar-refractivity contribution < 1.29 is 40.2 Å². The summed E-state index contributed by atoms with van der Waals surface area (Å²) in [7, 11) is 0. The number of aliphatic hydroxyl groups excluding tert-OH is 6. The van der Waals surface area contributed by atoms with Gasteiger partial charge in [0.25, 0.3) is 0 Å². The van der Waals surface area contributed by atoms with Gasteiger partial charge in [0.2, 0.25) is 0 Å². The van der Waals surface area contributed by atoms with Gasteiger partial charge >= 0.3 is 0 Å². The number of carbonyl (C=O) groups is 1. The SMILES string of the molecule is C.C.CC.CCC(C)COCC(O)CC.CCC(C)O.CCC(O)CC(=O)C(C)CC.CCC1CC(C)C(C)C(O)C1.CCC1CC2CC1C(O)C2C.CCC1CCC(C)C(O)C1. The maximum absolute atomic E-state index is 11.2. The van der Waals surface area contributed by atoms with E-state index in [1.54, 1.807) is 6.92 Å². The molecule has 4 rings (SSSR count). The third-order valence-corrected chi connectivity index (χ3v) is 14.8. The zero-order valence-corrected chi connectivity index (χ0v) is 43.5. The van der Waals surface area contributed by atoms with Gasteiger partial charge in [-0.25, -0.2) is 0 Å². The lowest BCUT2D eigenvalue weighted by molar-refractivity contribution is -0.124. The van der Waals surface area contributed by atoms with Gasteiger partial charge in [-0.15, -0.1) is 0 Å². The highest BCUT2D eigenvalue weighted by Gasteiger charge is 2.49. The molecule has 17 unspecified atom stereocenters. The van der Waals surface area contributed by atoms with E-state index in [4.69, 9.17) is 20.1 Å². The fraction of sp³-hybridized carbons (Fsp3) is 0.982. The Morgan fingerprint density at radius 2 is 1.11 bits per heavy atom. The Kier molecular flexibility index (Phi) is 48.4. The molecule has 6 N–H and O–H groups in total. The van der Waals surface area contributed by atoms with Gasteiger partial charge in [0.1, 0.15) is 5.78 Å². The van der Waals surface area contributed by atoms with Gasteiger partial charge in [0, 0.05) is 18.9 Å². The number of rotatable bonds is 15. The molecule has 386 valence electrons. The highest BCUT2D eigenvalue weighted by Crippen LogP contribution is 2.52. The summed E-state index contributed by atoms with van der Waals surface area (Å²) in [6.07, 6.45) is 16.2. The molecule has 17 atom stereocenters. The Hall–Kier alpha value is -0.610. The highest BCUT2D eigenvalue weighted by molar-refractivity contribution is 5.80. The number of hydrogen-bond donors (Lipinski definition) is 6. The molecule has 4 aliphatic carbocycles. The molecule has 63 heavy (non-hydrogen) atoms. The number of hydrogen-bond acceptors (Lipinski definition) is 8. The van der Waals surface area contributed by atoms with E-state index >= 15 is 0 Å². The maximum atomic E-state index is 11.2. The predicted molar refractivity (Wildman–Crippen MR) is 274 cm³/mol. The van der Waals surface area contributed by atoms with E-state index in [1.165, 1.54) is 51.4 Å². The summed E-state index contributed by atoms with van der Waals surface area (Å²) in [4.78, 5) is 11.2. The molecule has 4 aliphatic rings. The summed E-state index contributed by atoms with van der Waals surface area (Å²) < 4.78 is 5.29. The van der Waals surface area contributed by atoms with Gasteiger partial charge in [-0.1, -0.05) is 158 Å². The van der Waals surface area contributed by atoms with Gasteiger partial charge in [-0.2, -0.15) is 0 Å². The normalized spacial score (nSPS) is 31.2. The monoisotopic (exact) mass is 907 g/mol. The van der Waals surface area contributed by atoms with Gasteiger partial charge in [0.05, 0.1) is 43.2 Å². The first kappa shape index (κ1) is 71.4. The minimum atomic E-state index is -0.434. The third-order valence-electron chi connectivity index (χ3n) is 14.8. The fourth-order valence-electron chi connectivity index (χ4n) is 8.49. The van der Waals surface area contributed by atoms with Crippen molar-refractivity contribution in [2.75, 3.05) is 13.2 Å². The van der Waals surface area contributed by atoms with Crippen LogP contribution in [0.5, 0.6) is 0 Å². The first-order valence-corrected chi connectivity index (χ1v) is 25.9. The summed E-state index contributed by atoms with van der Waals surface area (Å²) in [6, 6.07) is 0. The predicted octanol–water partition coefficient (Wildman–Crippen LogP) is 13.3. The van der Waals surface area contributed by atoms with Gasteiger partial charge in [-0.3, -0.25) is 4.79 Å². The first-order valence-electron chi connectivity index (χ1n) is 25.9. The number of carbonyl (C=O) groups excluding carboxylic acids is 1. The molecular weight excluding hydrogens is 789 g/mol. The van der Waals surface area contributed by atoms with Crippen molar-refractivity contribution >= 4 is 5.78 Å². The Labute approximate surface area is 395 Å². The van der Waals surface area contributed by atoms with E-state index in [0.717, 1.165) is 68.8 Å². The zero-order valence-electron chi connectivity index (χ0n) is 43.5. The van der Waals surface area contributed by atoms with Crippen molar-refractivity contribution in [3.63, 3.8) is 0 Å². The number of ether oxygens (including phenoxy) is 1. The summed E-state index contributed by atoms with van der Waals surface area (Å²) in [5, 5.41) is 55.5. The third kappa shape index (κ3) is 31.9. The van der Waals surface area contributed by atoms with E-state index in [1.807, 2.05) is 48.5 Å². The van der Waals surface area contributed by atoms with Crippen molar-refractivity contribution in [1.82, 2.24) is 0 Å². The second kappa shape index (κ2) is 42.7. The van der Waals surface area contributed by atoms with Crippen LogP contribution in [0.1, 0.15) is 235 Å². The van der Waals surface area contributed by atoms with Crippen LogP contribution in [0.3, 0.4) is 0 Å². The highest BCUT2D eigenvalue weighted by atomic mass is 16.5. The molecule has 8 nitrogen and oxygen atoms in total. The minimum absolute atomic E-state index is 0. The van der Waals surface area contributed by atoms with E-state index in [9.17, 15) is 20.1 Å². The molecule has 2 bridgehead atoms. The molecule has 4 fully saturated rings. The second-order valence-electron chi connectivity index (χ2n) is 19.6. The van der Waals surface area contributed by atoms with E-state index in [-0.39, 0.29) is 57.1 Å². The molecular formula is C55H118O8. The van der Waals surface area contributed by atoms with Crippen LogP contribution in [0.15, 0.2) is 0 Å². The van der Waals surface area contributed by atoms with Crippen molar-refractivity contribution in [2.45, 2.75) is 272 Å². The van der Waals surface area contributed by atoms with E-state index in [0.29, 0.717) is 55.0 Å². The molecule has 0 saturated heterocycles. The van der Waals surface area contributed by atoms with Crippen LogP contribution in [0.25, 0.3) is 0 Å². The zero-order chi connectivity index (χ0) is 47.8. The Balaban J connectivity index is -0.000000213. The quantitative estimate of drug-likeness (QED) is 0.0952. The first-order chi connectivity index (χ1) is 28.7.